The first kappa shape index (κ1) is 17.7. The second kappa shape index (κ2) is 7.76. The summed E-state index contributed by atoms with van der Waals surface area (Å²) >= 11 is 12.1. The fourth-order valence-corrected chi connectivity index (χ4v) is 2.25. The number of nitro benzene ring substituents is 1. The fourth-order valence-electron chi connectivity index (χ4n) is 1.86. The highest BCUT2D eigenvalue weighted by molar-refractivity contribution is 6.36. The number of guanidine groups is 1. The molecule has 0 amide bonds. The van der Waals surface area contributed by atoms with Crippen LogP contribution in [0, 0.1) is 10.1 Å². The molecule has 0 unspecified atom stereocenters. The molecule has 9 heteroatoms. The van der Waals surface area contributed by atoms with Gasteiger partial charge in [-0.05, 0) is 18.2 Å². The van der Waals surface area contributed by atoms with Crippen molar-refractivity contribution in [2.75, 3.05) is 7.05 Å². The number of benzene rings is 2. The molecule has 0 spiro atoms. The minimum absolute atomic E-state index is 0.109. The Labute approximate surface area is 147 Å². The summed E-state index contributed by atoms with van der Waals surface area (Å²) in [6.45, 7) is 0. The largest absolute Gasteiger partial charge is 0.369 e. The molecule has 124 valence electrons. The average molecular weight is 366 g/mol. The standard InChI is InChI=1S/C15H13Cl2N5O2/c1-19-15(18)21-20-14(9-2-4-10(16)5-3-9)12-7-6-11(22(23)24)8-13(12)17/h2-8H,1H3,(H3,18,19,21). The van der Waals surface area contributed by atoms with Crippen molar-refractivity contribution in [2.45, 2.75) is 0 Å². The van der Waals surface area contributed by atoms with Crippen LogP contribution in [0.5, 0.6) is 0 Å². The van der Waals surface area contributed by atoms with Crippen LogP contribution in [0.1, 0.15) is 11.1 Å². The third-order valence-corrected chi connectivity index (χ3v) is 3.62. The Kier molecular flexibility index (Phi) is 5.73. The lowest BCUT2D eigenvalue weighted by Gasteiger charge is -2.10. The van der Waals surface area contributed by atoms with Gasteiger partial charge in [-0.1, -0.05) is 35.3 Å². The van der Waals surface area contributed by atoms with Crippen LogP contribution >= 0.6 is 23.2 Å². The van der Waals surface area contributed by atoms with Crippen LogP contribution in [0.15, 0.2) is 52.6 Å². The Bertz CT molecular complexity index is 819. The molecule has 2 aromatic carbocycles. The van der Waals surface area contributed by atoms with Crippen molar-refractivity contribution in [3.05, 3.63) is 73.8 Å². The zero-order chi connectivity index (χ0) is 17.7. The highest BCUT2D eigenvalue weighted by Gasteiger charge is 2.15. The molecule has 0 aromatic heterocycles. The third kappa shape index (κ3) is 4.21. The maximum atomic E-state index is 10.9. The van der Waals surface area contributed by atoms with E-state index in [1.807, 2.05) is 0 Å². The zero-order valence-electron chi connectivity index (χ0n) is 12.5. The highest BCUT2D eigenvalue weighted by atomic mass is 35.5. The van der Waals surface area contributed by atoms with Crippen molar-refractivity contribution in [3.63, 3.8) is 0 Å². The van der Waals surface area contributed by atoms with Gasteiger partial charge in [0.05, 0.1) is 15.7 Å². The lowest BCUT2D eigenvalue weighted by molar-refractivity contribution is -0.384. The van der Waals surface area contributed by atoms with E-state index in [0.29, 0.717) is 21.9 Å². The molecule has 24 heavy (non-hydrogen) atoms. The second-order valence-electron chi connectivity index (χ2n) is 4.61. The maximum Gasteiger partial charge on any atom is 0.270 e. The first-order valence-corrected chi connectivity index (χ1v) is 7.44. The molecule has 0 aliphatic carbocycles. The van der Waals surface area contributed by atoms with Crippen LogP contribution in [0.25, 0.3) is 0 Å². The third-order valence-electron chi connectivity index (χ3n) is 3.06. The Balaban J connectivity index is 2.53. The number of nitrogens with zero attached hydrogens (tertiary/aromatic N) is 3. The van der Waals surface area contributed by atoms with Gasteiger partial charge < -0.3 is 5.73 Å². The van der Waals surface area contributed by atoms with Gasteiger partial charge in [-0.25, -0.2) is 5.43 Å². The maximum absolute atomic E-state index is 10.9. The number of rotatable bonds is 4. The van der Waals surface area contributed by atoms with Crippen molar-refractivity contribution in [1.29, 1.82) is 0 Å². The molecule has 0 atom stereocenters. The number of halogens is 2. The average Bonchev–Trinajstić information content (AvgIpc) is 2.57. The zero-order valence-corrected chi connectivity index (χ0v) is 14.0. The summed E-state index contributed by atoms with van der Waals surface area (Å²) in [7, 11) is 1.51. The predicted molar refractivity (Wildman–Crippen MR) is 95.9 cm³/mol. The van der Waals surface area contributed by atoms with E-state index < -0.39 is 4.92 Å². The van der Waals surface area contributed by atoms with Crippen molar-refractivity contribution < 1.29 is 4.92 Å². The molecule has 0 saturated carbocycles. The molecule has 7 nitrogen and oxygen atoms in total. The molecule has 0 aliphatic heterocycles. The topological polar surface area (TPSA) is 106 Å². The number of nitrogens with one attached hydrogen (secondary N) is 1. The summed E-state index contributed by atoms with van der Waals surface area (Å²) in [4.78, 5) is 14.1. The van der Waals surface area contributed by atoms with Gasteiger partial charge in [-0.15, -0.1) is 0 Å². The van der Waals surface area contributed by atoms with E-state index >= 15 is 0 Å². The van der Waals surface area contributed by atoms with Crippen LogP contribution in [-0.2, 0) is 0 Å². The van der Waals surface area contributed by atoms with Gasteiger partial charge >= 0.3 is 0 Å². The number of nitrogens with two attached hydrogens (primary N) is 1. The van der Waals surface area contributed by atoms with Crippen LogP contribution in [0.4, 0.5) is 5.69 Å². The molecule has 2 aromatic rings. The quantitative estimate of drug-likeness (QED) is 0.375. The van der Waals surface area contributed by atoms with Crippen LogP contribution < -0.4 is 11.2 Å². The summed E-state index contributed by atoms with van der Waals surface area (Å²) in [5.41, 5.74) is 9.73. The van der Waals surface area contributed by atoms with Gasteiger partial charge in [-0.2, -0.15) is 5.10 Å². The van der Waals surface area contributed by atoms with Crippen molar-refractivity contribution in [2.24, 2.45) is 15.8 Å². The monoisotopic (exact) mass is 365 g/mol. The first-order chi connectivity index (χ1) is 11.4. The summed E-state index contributed by atoms with van der Waals surface area (Å²) < 4.78 is 0. The van der Waals surface area contributed by atoms with E-state index in [1.54, 1.807) is 24.3 Å². The molecular formula is C15H13Cl2N5O2. The predicted octanol–water partition coefficient (Wildman–Crippen LogP) is 3.19. The summed E-state index contributed by atoms with van der Waals surface area (Å²) in [5.74, 6) is 0.111. The molecule has 0 aliphatic rings. The molecule has 0 heterocycles. The minimum atomic E-state index is -0.519. The van der Waals surface area contributed by atoms with Gasteiger partial charge in [0.15, 0.2) is 0 Å². The molecule has 3 N–H and O–H groups in total. The van der Waals surface area contributed by atoms with E-state index in [-0.39, 0.29) is 16.7 Å². The Morgan fingerprint density at radius 2 is 1.88 bits per heavy atom. The van der Waals surface area contributed by atoms with Gasteiger partial charge in [0.2, 0.25) is 5.96 Å². The number of nitro groups is 1. The lowest BCUT2D eigenvalue weighted by atomic mass is 10.0. The number of hydrazone groups is 1. The fraction of sp³-hybridized carbons (Fsp3) is 0.0667. The van der Waals surface area contributed by atoms with Gasteiger partial charge in [0.1, 0.15) is 0 Å². The van der Waals surface area contributed by atoms with Crippen LogP contribution in [-0.4, -0.2) is 23.6 Å². The van der Waals surface area contributed by atoms with Crippen LogP contribution in [0.3, 0.4) is 0 Å². The Hall–Kier alpha value is -2.64. The number of aliphatic imine (C=N–C) groups is 1. The number of non-ortho nitro benzene ring substituents is 1. The molecular weight excluding hydrogens is 353 g/mol. The van der Waals surface area contributed by atoms with Gasteiger partial charge in [0.25, 0.3) is 5.69 Å². The van der Waals surface area contributed by atoms with E-state index in [0.717, 1.165) is 0 Å². The van der Waals surface area contributed by atoms with E-state index in [4.69, 9.17) is 28.9 Å². The minimum Gasteiger partial charge on any atom is -0.369 e. The van der Waals surface area contributed by atoms with Crippen LogP contribution in [0.2, 0.25) is 10.0 Å². The summed E-state index contributed by atoms with van der Waals surface area (Å²) in [6, 6.07) is 11.0. The number of hydrogen-bond acceptors (Lipinski definition) is 4. The van der Waals surface area contributed by atoms with Crippen molar-refractivity contribution in [3.8, 4) is 0 Å². The Morgan fingerprint density at radius 1 is 1.21 bits per heavy atom. The SMILES string of the molecule is CN=C(N)NN=C(c1ccc(Cl)cc1)c1ccc([N+](=O)[O-])cc1Cl. The Morgan fingerprint density at radius 3 is 2.42 bits per heavy atom. The highest BCUT2D eigenvalue weighted by Crippen LogP contribution is 2.25. The molecule has 0 saturated heterocycles. The summed E-state index contributed by atoms with van der Waals surface area (Å²) in [5, 5.41) is 15.8. The van der Waals surface area contributed by atoms with E-state index in [9.17, 15) is 10.1 Å². The van der Waals surface area contributed by atoms with E-state index in [1.165, 1.54) is 25.2 Å². The van der Waals surface area contributed by atoms with E-state index in [2.05, 4.69) is 15.5 Å². The van der Waals surface area contributed by atoms with Gasteiger partial charge in [-0.3, -0.25) is 15.1 Å². The molecule has 0 fully saturated rings. The van der Waals surface area contributed by atoms with Crippen molar-refractivity contribution in [1.82, 2.24) is 5.43 Å². The molecule has 2 rings (SSSR count). The second-order valence-corrected chi connectivity index (χ2v) is 5.45. The number of hydrogen-bond donors (Lipinski definition) is 2. The van der Waals surface area contributed by atoms with Crippen molar-refractivity contribution >= 4 is 40.6 Å². The molecule has 0 bridgehead atoms. The normalized spacial score (nSPS) is 12.1. The van der Waals surface area contributed by atoms with Gasteiger partial charge in [0, 0.05) is 35.3 Å². The molecule has 0 radical (unpaired) electrons. The summed E-state index contributed by atoms with van der Waals surface area (Å²) in [6.07, 6.45) is 0. The smallest absolute Gasteiger partial charge is 0.270 e. The lowest BCUT2D eigenvalue weighted by Crippen LogP contribution is -2.28. The first-order valence-electron chi connectivity index (χ1n) is 6.68.